The summed E-state index contributed by atoms with van der Waals surface area (Å²) in [6.45, 7) is 7.64. The van der Waals surface area contributed by atoms with Gasteiger partial charge in [-0.25, -0.2) is 4.79 Å². The number of carbonyl (C=O) groups is 1. The Bertz CT molecular complexity index is 1150. The largest absolute Gasteiger partial charge is 0.497 e. The lowest BCUT2D eigenvalue weighted by atomic mass is 9.90. The van der Waals surface area contributed by atoms with Gasteiger partial charge in [-0.2, -0.15) is 0 Å². The van der Waals surface area contributed by atoms with Crippen molar-refractivity contribution in [3.8, 4) is 11.5 Å². The van der Waals surface area contributed by atoms with Gasteiger partial charge in [0.05, 0.1) is 19.6 Å². The molecule has 1 atom stereocenters. The van der Waals surface area contributed by atoms with Crippen LogP contribution >= 0.6 is 0 Å². The minimum Gasteiger partial charge on any atom is -0.497 e. The monoisotopic (exact) mass is 440 g/mol. The van der Waals surface area contributed by atoms with E-state index in [1.165, 1.54) is 0 Å². The van der Waals surface area contributed by atoms with E-state index >= 15 is 0 Å². The molecular formula is C23H28N4O5. The smallest absolute Gasteiger partial charge is 0.352 e. The molecule has 1 aromatic heterocycles. The van der Waals surface area contributed by atoms with Gasteiger partial charge < -0.3 is 14.3 Å². The van der Waals surface area contributed by atoms with Gasteiger partial charge in [0.25, 0.3) is 0 Å². The molecule has 3 aromatic rings. The van der Waals surface area contributed by atoms with Crippen LogP contribution in [-0.4, -0.2) is 41.4 Å². The number of aromatic nitrogens is 3. The van der Waals surface area contributed by atoms with E-state index in [0.717, 1.165) is 5.56 Å². The number of ether oxygens (including phenoxy) is 2. The highest BCUT2D eigenvalue weighted by Crippen LogP contribution is 2.30. The quantitative estimate of drug-likeness (QED) is 0.532. The first kappa shape index (κ1) is 23.2. The Hall–Kier alpha value is -3.46. The molecule has 0 bridgehead atoms. The van der Waals surface area contributed by atoms with Crippen molar-refractivity contribution >= 4 is 16.9 Å². The maximum atomic E-state index is 13.0. The molecule has 0 saturated heterocycles. The predicted octanol–water partition coefficient (Wildman–Crippen LogP) is 2.31. The van der Waals surface area contributed by atoms with Crippen molar-refractivity contribution in [2.45, 2.75) is 39.3 Å². The second-order valence-corrected chi connectivity index (χ2v) is 8.29. The van der Waals surface area contributed by atoms with Crippen LogP contribution in [0.4, 0.5) is 0 Å². The minimum absolute atomic E-state index is 0.140. The average Bonchev–Trinajstić information content (AvgIpc) is 2.78. The zero-order valence-electron chi connectivity index (χ0n) is 19.1. The molecule has 1 heterocycles. The highest BCUT2D eigenvalue weighted by Gasteiger charge is 2.33. The molecule has 170 valence electrons. The Labute approximate surface area is 186 Å². The maximum Gasteiger partial charge on any atom is 0.352 e. The molecule has 9 heteroatoms. The van der Waals surface area contributed by atoms with Crippen LogP contribution in [0.3, 0.4) is 0 Å². The number of hydrogen-bond acceptors (Lipinski definition) is 8. The third-order valence-electron chi connectivity index (χ3n) is 5.23. The summed E-state index contributed by atoms with van der Waals surface area (Å²) in [4.78, 5) is 31.6. The van der Waals surface area contributed by atoms with E-state index in [9.17, 15) is 9.59 Å². The van der Waals surface area contributed by atoms with E-state index < -0.39 is 23.1 Å². The Balaban J connectivity index is 1.87. The molecule has 0 aliphatic rings. The van der Waals surface area contributed by atoms with E-state index in [-0.39, 0.29) is 5.92 Å². The molecule has 3 rings (SSSR count). The molecule has 1 unspecified atom stereocenters. The normalized spacial score (nSPS) is 12.6. The SMILES string of the molecule is COc1cc(OC)cc(C(C)(C)NC(C(=O)On2nnc3ccccc3c2=O)C(C)C)c1. The van der Waals surface area contributed by atoms with Crippen molar-refractivity contribution in [2.24, 2.45) is 5.92 Å². The van der Waals surface area contributed by atoms with Crippen LogP contribution in [0.2, 0.25) is 0 Å². The van der Waals surface area contributed by atoms with Crippen LogP contribution in [0, 0.1) is 5.92 Å². The molecule has 1 N–H and O–H groups in total. The zero-order chi connectivity index (χ0) is 23.5. The van der Waals surface area contributed by atoms with Crippen LogP contribution in [0.5, 0.6) is 11.5 Å². The number of hydrogen-bond donors (Lipinski definition) is 1. The summed E-state index contributed by atoms with van der Waals surface area (Å²) in [7, 11) is 3.16. The highest BCUT2D eigenvalue weighted by atomic mass is 16.7. The van der Waals surface area contributed by atoms with Gasteiger partial charge in [-0.3, -0.25) is 10.1 Å². The predicted molar refractivity (Wildman–Crippen MR) is 120 cm³/mol. The van der Waals surface area contributed by atoms with Gasteiger partial charge in [0, 0.05) is 11.6 Å². The van der Waals surface area contributed by atoms with E-state index in [1.54, 1.807) is 44.6 Å². The van der Waals surface area contributed by atoms with Crippen LogP contribution in [-0.2, 0) is 10.3 Å². The van der Waals surface area contributed by atoms with Crippen molar-refractivity contribution < 1.29 is 19.1 Å². The molecular weight excluding hydrogens is 412 g/mol. The third-order valence-corrected chi connectivity index (χ3v) is 5.23. The van der Waals surface area contributed by atoms with E-state index in [4.69, 9.17) is 14.3 Å². The summed E-state index contributed by atoms with van der Waals surface area (Å²) in [6.07, 6.45) is 0. The van der Waals surface area contributed by atoms with Crippen LogP contribution in [0.15, 0.2) is 47.3 Å². The Morgan fingerprint density at radius 3 is 2.28 bits per heavy atom. The molecule has 0 saturated carbocycles. The fraction of sp³-hybridized carbons (Fsp3) is 0.391. The average molecular weight is 441 g/mol. The molecule has 0 aliphatic carbocycles. The Morgan fingerprint density at radius 1 is 1.06 bits per heavy atom. The third kappa shape index (κ3) is 4.88. The van der Waals surface area contributed by atoms with Crippen LogP contribution in [0.1, 0.15) is 33.3 Å². The van der Waals surface area contributed by atoms with Crippen molar-refractivity contribution in [2.75, 3.05) is 14.2 Å². The topological polar surface area (TPSA) is 105 Å². The Kier molecular flexibility index (Phi) is 6.78. The highest BCUT2D eigenvalue weighted by molar-refractivity contribution is 5.78. The maximum absolute atomic E-state index is 13.0. The van der Waals surface area contributed by atoms with Crippen molar-refractivity contribution in [1.82, 2.24) is 20.5 Å². The number of benzene rings is 2. The van der Waals surface area contributed by atoms with E-state index in [1.807, 2.05) is 39.8 Å². The standard InChI is InChI=1S/C23H28N4O5/c1-14(2)20(24-23(3,4)15-11-16(30-5)13-17(12-15)31-6)22(29)32-27-21(28)18-9-7-8-10-19(18)25-26-27/h7-14,20,24H,1-6H3. The summed E-state index contributed by atoms with van der Waals surface area (Å²) in [5.41, 5.74) is 0.0741. The summed E-state index contributed by atoms with van der Waals surface area (Å²) in [6, 6.07) is 11.5. The van der Waals surface area contributed by atoms with Gasteiger partial charge in [-0.15, -0.1) is 5.10 Å². The van der Waals surface area contributed by atoms with Crippen LogP contribution < -0.4 is 25.2 Å². The van der Waals surface area contributed by atoms with Crippen LogP contribution in [0.25, 0.3) is 10.9 Å². The molecule has 0 spiro atoms. The minimum atomic E-state index is -0.734. The summed E-state index contributed by atoms with van der Waals surface area (Å²) >= 11 is 0. The van der Waals surface area contributed by atoms with Gasteiger partial charge in [-0.1, -0.05) is 26.0 Å². The first-order valence-electron chi connectivity index (χ1n) is 10.2. The lowest BCUT2D eigenvalue weighted by Crippen LogP contribution is -2.53. The summed E-state index contributed by atoms with van der Waals surface area (Å²) in [5.74, 6) is 0.486. The van der Waals surface area contributed by atoms with Gasteiger partial charge >= 0.3 is 11.5 Å². The Morgan fingerprint density at radius 2 is 1.69 bits per heavy atom. The van der Waals surface area contributed by atoms with Crippen molar-refractivity contribution in [3.63, 3.8) is 0 Å². The summed E-state index contributed by atoms with van der Waals surface area (Å²) < 4.78 is 10.7. The molecule has 9 nitrogen and oxygen atoms in total. The molecule has 2 aromatic carbocycles. The van der Waals surface area contributed by atoms with E-state index in [2.05, 4.69) is 15.6 Å². The second kappa shape index (κ2) is 9.35. The molecule has 0 radical (unpaired) electrons. The first-order chi connectivity index (χ1) is 15.2. The van der Waals surface area contributed by atoms with Crippen molar-refractivity contribution in [3.05, 3.63) is 58.4 Å². The summed E-state index contributed by atoms with van der Waals surface area (Å²) in [5, 5.41) is 11.3. The zero-order valence-corrected chi connectivity index (χ0v) is 19.1. The molecule has 0 amide bonds. The van der Waals surface area contributed by atoms with E-state index in [0.29, 0.717) is 27.2 Å². The molecule has 0 fully saturated rings. The molecule has 32 heavy (non-hydrogen) atoms. The number of methoxy groups -OCH3 is 2. The number of rotatable bonds is 8. The number of carbonyl (C=O) groups excluding carboxylic acids is 1. The van der Waals surface area contributed by atoms with Gasteiger partial charge in [0.15, 0.2) is 0 Å². The fourth-order valence-corrected chi connectivity index (χ4v) is 3.31. The van der Waals surface area contributed by atoms with Crippen molar-refractivity contribution in [1.29, 1.82) is 0 Å². The second-order valence-electron chi connectivity index (χ2n) is 8.29. The first-order valence-corrected chi connectivity index (χ1v) is 10.2. The van der Waals surface area contributed by atoms with Gasteiger partial charge in [0.2, 0.25) is 0 Å². The van der Waals surface area contributed by atoms with Gasteiger partial charge in [0.1, 0.15) is 23.1 Å². The lowest BCUT2D eigenvalue weighted by molar-refractivity contribution is -0.151. The number of nitrogens with one attached hydrogen (secondary N) is 1. The fourth-order valence-electron chi connectivity index (χ4n) is 3.31. The van der Waals surface area contributed by atoms with Gasteiger partial charge in [-0.05, 0) is 59.7 Å². The lowest BCUT2D eigenvalue weighted by Gasteiger charge is -2.33. The number of nitrogens with zero attached hydrogens (tertiary/aromatic N) is 3. The number of fused-ring (bicyclic) bond motifs is 1. The molecule has 0 aliphatic heterocycles.